The van der Waals surface area contributed by atoms with Crippen LogP contribution >= 0.6 is 11.6 Å². The van der Waals surface area contributed by atoms with Gasteiger partial charge in [-0.1, -0.05) is 23.8 Å². The number of carbonyl (C=O) groups excluding carboxylic acids is 1. The maximum Gasteiger partial charge on any atom is 0.258 e. The normalized spacial score (nSPS) is 24.2. The third kappa shape index (κ3) is 3.99. The van der Waals surface area contributed by atoms with Crippen molar-refractivity contribution in [1.82, 2.24) is 10.6 Å². The molecule has 6 heteroatoms. The van der Waals surface area contributed by atoms with Crippen LogP contribution in [0.15, 0.2) is 42.1 Å². The Labute approximate surface area is 139 Å². The average Bonchev–Trinajstić information content (AvgIpc) is 2.56. The van der Waals surface area contributed by atoms with Crippen LogP contribution in [-0.2, 0) is 4.74 Å². The SMILES string of the molecule is O=C(NC1=CCC([C@H]2CNCCO2)C=C1)c1ccc(Cl)cc1F. The molecule has 1 aliphatic carbocycles. The first-order valence-corrected chi connectivity index (χ1v) is 7.98. The fourth-order valence-corrected chi connectivity index (χ4v) is 2.90. The number of benzene rings is 1. The van der Waals surface area contributed by atoms with E-state index in [0.29, 0.717) is 5.70 Å². The number of hydrogen-bond donors (Lipinski definition) is 2. The van der Waals surface area contributed by atoms with Crippen LogP contribution in [0.1, 0.15) is 16.8 Å². The number of allylic oxidation sites excluding steroid dienone is 2. The molecule has 1 unspecified atom stereocenters. The van der Waals surface area contributed by atoms with Crippen molar-refractivity contribution in [2.75, 3.05) is 19.7 Å². The Balaban J connectivity index is 1.60. The predicted molar refractivity (Wildman–Crippen MR) is 86.8 cm³/mol. The van der Waals surface area contributed by atoms with Gasteiger partial charge >= 0.3 is 0 Å². The second-order valence-corrected chi connectivity index (χ2v) is 6.05. The molecule has 1 aromatic carbocycles. The highest BCUT2D eigenvalue weighted by molar-refractivity contribution is 6.30. The summed E-state index contributed by atoms with van der Waals surface area (Å²) in [6, 6.07) is 4.00. The molecule has 2 atom stereocenters. The van der Waals surface area contributed by atoms with Gasteiger partial charge in [-0.05, 0) is 30.7 Å². The molecule has 0 spiro atoms. The maximum atomic E-state index is 13.8. The van der Waals surface area contributed by atoms with Gasteiger partial charge in [0.25, 0.3) is 5.91 Å². The monoisotopic (exact) mass is 336 g/mol. The number of hydrogen-bond acceptors (Lipinski definition) is 3. The number of rotatable bonds is 3. The summed E-state index contributed by atoms with van der Waals surface area (Å²) in [4.78, 5) is 12.1. The molecule has 1 amide bonds. The minimum Gasteiger partial charge on any atom is -0.375 e. The van der Waals surface area contributed by atoms with Gasteiger partial charge in [0, 0.05) is 29.7 Å². The lowest BCUT2D eigenvalue weighted by Gasteiger charge is -2.30. The molecule has 23 heavy (non-hydrogen) atoms. The van der Waals surface area contributed by atoms with Crippen LogP contribution in [0.5, 0.6) is 0 Å². The van der Waals surface area contributed by atoms with E-state index in [1.807, 2.05) is 18.2 Å². The Kier molecular flexibility index (Phi) is 5.10. The summed E-state index contributed by atoms with van der Waals surface area (Å²) >= 11 is 5.69. The van der Waals surface area contributed by atoms with E-state index in [2.05, 4.69) is 10.6 Å². The lowest BCUT2D eigenvalue weighted by atomic mass is 9.93. The third-order valence-corrected chi connectivity index (χ3v) is 4.24. The van der Waals surface area contributed by atoms with Gasteiger partial charge in [0.2, 0.25) is 0 Å². The molecule has 4 nitrogen and oxygen atoms in total. The summed E-state index contributed by atoms with van der Waals surface area (Å²) in [5, 5.41) is 6.28. The van der Waals surface area contributed by atoms with Crippen LogP contribution in [0.3, 0.4) is 0 Å². The third-order valence-electron chi connectivity index (χ3n) is 4.00. The largest absolute Gasteiger partial charge is 0.375 e. The van der Waals surface area contributed by atoms with E-state index in [4.69, 9.17) is 16.3 Å². The molecule has 0 aromatic heterocycles. The van der Waals surface area contributed by atoms with Gasteiger partial charge in [-0.15, -0.1) is 0 Å². The van der Waals surface area contributed by atoms with E-state index in [-0.39, 0.29) is 22.6 Å². The van der Waals surface area contributed by atoms with Crippen molar-refractivity contribution in [2.24, 2.45) is 5.92 Å². The zero-order valence-corrected chi connectivity index (χ0v) is 13.3. The van der Waals surface area contributed by atoms with E-state index in [1.165, 1.54) is 12.1 Å². The van der Waals surface area contributed by atoms with Crippen molar-refractivity contribution >= 4 is 17.5 Å². The minimum absolute atomic E-state index is 0.0226. The van der Waals surface area contributed by atoms with Gasteiger partial charge in [0.1, 0.15) is 5.82 Å². The highest BCUT2D eigenvalue weighted by atomic mass is 35.5. The van der Waals surface area contributed by atoms with Crippen molar-refractivity contribution in [2.45, 2.75) is 12.5 Å². The first kappa shape index (κ1) is 16.2. The summed E-state index contributed by atoms with van der Waals surface area (Å²) in [5.41, 5.74) is 0.648. The molecular weight excluding hydrogens is 319 g/mol. The Bertz CT molecular complexity index is 654. The molecule has 1 fully saturated rings. The van der Waals surface area contributed by atoms with Crippen molar-refractivity contribution < 1.29 is 13.9 Å². The van der Waals surface area contributed by atoms with Crippen molar-refractivity contribution in [3.63, 3.8) is 0 Å². The highest BCUT2D eigenvalue weighted by Crippen LogP contribution is 2.22. The molecule has 0 saturated carbocycles. The summed E-state index contributed by atoms with van der Waals surface area (Å²) < 4.78 is 19.5. The molecule has 0 bridgehead atoms. The van der Waals surface area contributed by atoms with Crippen LogP contribution in [0.4, 0.5) is 4.39 Å². The summed E-state index contributed by atoms with van der Waals surface area (Å²) in [7, 11) is 0. The maximum absolute atomic E-state index is 13.8. The van der Waals surface area contributed by atoms with Gasteiger partial charge in [-0.25, -0.2) is 4.39 Å². The van der Waals surface area contributed by atoms with Gasteiger partial charge in [-0.2, -0.15) is 0 Å². The number of carbonyl (C=O) groups is 1. The fraction of sp³-hybridized carbons (Fsp3) is 0.353. The zero-order chi connectivity index (χ0) is 16.2. The lowest BCUT2D eigenvalue weighted by molar-refractivity contribution is 0.00351. The van der Waals surface area contributed by atoms with E-state index in [0.717, 1.165) is 32.2 Å². The van der Waals surface area contributed by atoms with Crippen molar-refractivity contribution in [1.29, 1.82) is 0 Å². The molecule has 1 heterocycles. The molecule has 0 radical (unpaired) electrons. The van der Waals surface area contributed by atoms with E-state index in [9.17, 15) is 9.18 Å². The quantitative estimate of drug-likeness (QED) is 0.892. The first-order valence-electron chi connectivity index (χ1n) is 7.60. The van der Waals surface area contributed by atoms with Crippen molar-refractivity contribution in [3.8, 4) is 0 Å². The number of ether oxygens (including phenoxy) is 1. The Hall–Kier alpha value is -1.69. The topological polar surface area (TPSA) is 50.4 Å². The minimum atomic E-state index is -0.630. The summed E-state index contributed by atoms with van der Waals surface area (Å²) in [6.07, 6.45) is 6.75. The van der Waals surface area contributed by atoms with Gasteiger partial charge < -0.3 is 15.4 Å². The molecular formula is C17H18ClFN2O2. The van der Waals surface area contributed by atoms with Crippen molar-refractivity contribution in [3.05, 3.63) is 58.5 Å². The Morgan fingerprint density at radius 3 is 2.96 bits per heavy atom. The lowest BCUT2D eigenvalue weighted by Crippen LogP contribution is -2.42. The smallest absolute Gasteiger partial charge is 0.258 e. The number of morpholine rings is 1. The second kappa shape index (κ2) is 7.25. The Morgan fingerprint density at radius 1 is 1.43 bits per heavy atom. The standard InChI is InChI=1S/C17H18ClFN2O2/c18-12-3-6-14(15(19)9-12)17(22)21-13-4-1-11(2-5-13)16-10-20-7-8-23-16/h1,3-6,9,11,16,20H,2,7-8,10H2,(H,21,22)/t11?,16-/m1/s1. The zero-order valence-electron chi connectivity index (χ0n) is 12.5. The van der Waals surface area contributed by atoms with Crippen LogP contribution in [0, 0.1) is 11.7 Å². The van der Waals surface area contributed by atoms with Crippen LogP contribution < -0.4 is 10.6 Å². The molecule has 3 rings (SSSR count). The summed E-state index contributed by atoms with van der Waals surface area (Å²) in [6.45, 7) is 2.44. The molecule has 1 saturated heterocycles. The second-order valence-electron chi connectivity index (χ2n) is 5.61. The number of nitrogens with one attached hydrogen (secondary N) is 2. The molecule has 2 aliphatic rings. The van der Waals surface area contributed by atoms with E-state index in [1.54, 1.807) is 0 Å². The predicted octanol–water partition coefficient (Wildman–Crippen LogP) is 2.66. The van der Waals surface area contributed by atoms with Gasteiger partial charge in [0.05, 0.1) is 18.3 Å². The van der Waals surface area contributed by atoms with Gasteiger partial charge in [-0.3, -0.25) is 4.79 Å². The summed E-state index contributed by atoms with van der Waals surface area (Å²) in [5.74, 6) is -0.824. The molecule has 122 valence electrons. The average molecular weight is 337 g/mol. The fourth-order valence-electron chi connectivity index (χ4n) is 2.74. The highest BCUT2D eigenvalue weighted by Gasteiger charge is 2.23. The van der Waals surface area contributed by atoms with Crippen LogP contribution in [-0.4, -0.2) is 31.7 Å². The molecule has 1 aliphatic heterocycles. The number of amides is 1. The van der Waals surface area contributed by atoms with Crippen LogP contribution in [0.25, 0.3) is 0 Å². The van der Waals surface area contributed by atoms with E-state index >= 15 is 0 Å². The first-order chi connectivity index (χ1) is 11.1. The Morgan fingerprint density at radius 2 is 2.30 bits per heavy atom. The van der Waals surface area contributed by atoms with E-state index < -0.39 is 11.7 Å². The molecule has 1 aromatic rings. The molecule has 2 N–H and O–H groups in total. The van der Waals surface area contributed by atoms with Gasteiger partial charge in [0.15, 0.2) is 0 Å². The van der Waals surface area contributed by atoms with Crippen LogP contribution in [0.2, 0.25) is 5.02 Å². The number of halogens is 2.